The zero-order valence-electron chi connectivity index (χ0n) is 8.27. The predicted molar refractivity (Wildman–Crippen MR) is 57.3 cm³/mol. The molecule has 0 unspecified atom stereocenters. The van der Waals surface area contributed by atoms with Gasteiger partial charge in [-0.15, -0.1) is 0 Å². The Kier molecular flexibility index (Phi) is 5.22. The van der Waals surface area contributed by atoms with E-state index in [1.54, 1.807) is 37.1 Å². The van der Waals surface area contributed by atoms with Gasteiger partial charge < -0.3 is 4.79 Å². The molecule has 0 amide bonds. The molecule has 1 heterocycles. The topological polar surface area (TPSA) is 42.9 Å². The highest BCUT2D eigenvalue weighted by Gasteiger charge is 1.97. The minimum atomic E-state index is 0.269. The summed E-state index contributed by atoms with van der Waals surface area (Å²) in [6.07, 6.45) is 6.18. The largest absolute Gasteiger partial charge is 0.300 e. The molecule has 0 saturated heterocycles. The Morgan fingerprint density at radius 1 is 1.36 bits per heavy atom. The van der Waals surface area contributed by atoms with Crippen LogP contribution in [0.3, 0.4) is 0 Å². The molecule has 0 aliphatic carbocycles. The van der Waals surface area contributed by atoms with Crippen molar-refractivity contribution in [2.45, 2.75) is 31.3 Å². The third kappa shape index (κ3) is 4.97. The number of Topliss-reactive ketones (excluding diaryl/α,β-unsaturated/α-hetero) is 1. The molecule has 0 bridgehead atoms. The zero-order valence-corrected chi connectivity index (χ0v) is 9.09. The summed E-state index contributed by atoms with van der Waals surface area (Å²) in [5.74, 6) is 1.25. The number of hydrogen-bond acceptors (Lipinski definition) is 4. The van der Waals surface area contributed by atoms with E-state index in [0.717, 1.165) is 23.8 Å². The van der Waals surface area contributed by atoms with Crippen molar-refractivity contribution in [2.75, 3.05) is 5.75 Å². The van der Waals surface area contributed by atoms with Crippen molar-refractivity contribution < 1.29 is 4.79 Å². The third-order valence-corrected chi connectivity index (χ3v) is 2.66. The summed E-state index contributed by atoms with van der Waals surface area (Å²) in [6.45, 7) is 1.63. The smallest absolute Gasteiger partial charge is 0.187 e. The van der Waals surface area contributed by atoms with Crippen LogP contribution in [-0.4, -0.2) is 21.5 Å². The van der Waals surface area contributed by atoms with Gasteiger partial charge in [-0.2, -0.15) is 0 Å². The van der Waals surface area contributed by atoms with Crippen molar-refractivity contribution >= 4 is 17.5 Å². The molecule has 76 valence electrons. The Bertz CT molecular complexity index is 277. The summed E-state index contributed by atoms with van der Waals surface area (Å²) < 4.78 is 0. The monoisotopic (exact) mass is 210 g/mol. The first-order chi connectivity index (χ1) is 6.79. The average Bonchev–Trinajstić information content (AvgIpc) is 2.18. The summed E-state index contributed by atoms with van der Waals surface area (Å²) in [5, 5.41) is 0.815. The minimum absolute atomic E-state index is 0.269. The highest BCUT2D eigenvalue weighted by atomic mass is 32.2. The lowest BCUT2D eigenvalue weighted by atomic mass is 10.2. The van der Waals surface area contributed by atoms with Gasteiger partial charge in [-0.1, -0.05) is 11.8 Å². The second-order valence-corrected chi connectivity index (χ2v) is 4.10. The molecule has 1 aromatic heterocycles. The van der Waals surface area contributed by atoms with Crippen LogP contribution in [0.15, 0.2) is 23.6 Å². The highest BCUT2D eigenvalue weighted by molar-refractivity contribution is 7.99. The first-order valence-corrected chi connectivity index (χ1v) is 5.67. The second-order valence-electron chi connectivity index (χ2n) is 3.04. The van der Waals surface area contributed by atoms with Crippen molar-refractivity contribution in [2.24, 2.45) is 0 Å². The molecule has 4 heteroatoms. The van der Waals surface area contributed by atoms with Gasteiger partial charge in [0.2, 0.25) is 0 Å². The van der Waals surface area contributed by atoms with Crippen LogP contribution < -0.4 is 0 Å². The highest BCUT2D eigenvalue weighted by Crippen LogP contribution is 2.13. The van der Waals surface area contributed by atoms with Crippen LogP contribution in [-0.2, 0) is 4.79 Å². The van der Waals surface area contributed by atoms with Crippen LogP contribution in [0, 0.1) is 0 Å². The maximum absolute atomic E-state index is 10.6. The molecule has 0 aromatic carbocycles. The minimum Gasteiger partial charge on any atom is -0.300 e. The van der Waals surface area contributed by atoms with Crippen LogP contribution in [0.1, 0.15) is 26.2 Å². The van der Waals surface area contributed by atoms with Crippen molar-refractivity contribution in [3.8, 4) is 0 Å². The van der Waals surface area contributed by atoms with Gasteiger partial charge in [-0.25, -0.2) is 9.97 Å². The van der Waals surface area contributed by atoms with Gasteiger partial charge in [-0.3, -0.25) is 0 Å². The van der Waals surface area contributed by atoms with Crippen molar-refractivity contribution in [3.63, 3.8) is 0 Å². The fourth-order valence-electron chi connectivity index (χ4n) is 0.999. The molecule has 0 radical (unpaired) electrons. The predicted octanol–water partition coefficient (Wildman–Crippen LogP) is 2.33. The molecule has 1 rings (SSSR count). The summed E-state index contributed by atoms with van der Waals surface area (Å²) >= 11 is 1.64. The van der Waals surface area contributed by atoms with E-state index in [9.17, 15) is 4.79 Å². The molecule has 0 N–H and O–H groups in total. The van der Waals surface area contributed by atoms with Gasteiger partial charge >= 0.3 is 0 Å². The number of carbonyl (C=O) groups is 1. The normalized spacial score (nSPS) is 10.1. The Morgan fingerprint density at radius 3 is 2.71 bits per heavy atom. The van der Waals surface area contributed by atoms with Crippen LogP contribution in [0.4, 0.5) is 0 Å². The number of aromatic nitrogens is 2. The summed E-state index contributed by atoms with van der Waals surface area (Å²) in [5.41, 5.74) is 0. The van der Waals surface area contributed by atoms with Crippen LogP contribution in [0.25, 0.3) is 0 Å². The van der Waals surface area contributed by atoms with E-state index >= 15 is 0 Å². The lowest BCUT2D eigenvalue weighted by molar-refractivity contribution is -0.117. The molecule has 0 atom stereocenters. The molecule has 0 aliphatic rings. The average molecular weight is 210 g/mol. The molecular weight excluding hydrogens is 196 g/mol. The standard InChI is InChI=1S/C10H14N2OS/c1-9(13)5-2-3-8-14-10-11-6-4-7-12-10/h4,6-7H,2-3,5,8H2,1H3. The maximum atomic E-state index is 10.6. The number of rotatable bonds is 6. The van der Waals surface area contributed by atoms with Crippen LogP contribution in [0.2, 0.25) is 0 Å². The first-order valence-electron chi connectivity index (χ1n) is 4.68. The number of carbonyl (C=O) groups excluding carboxylic acids is 1. The van der Waals surface area contributed by atoms with Gasteiger partial charge in [0.25, 0.3) is 0 Å². The quantitative estimate of drug-likeness (QED) is 0.410. The second kappa shape index (κ2) is 6.54. The first kappa shape index (κ1) is 11.2. The van der Waals surface area contributed by atoms with E-state index in [2.05, 4.69) is 9.97 Å². The SMILES string of the molecule is CC(=O)CCCCSc1ncccn1. The van der Waals surface area contributed by atoms with Crippen molar-refractivity contribution in [1.29, 1.82) is 0 Å². The lowest BCUT2D eigenvalue weighted by Gasteiger charge is -1.98. The zero-order chi connectivity index (χ0) is 10.2. The molecule has 1 aromatic rings. The molecule has 3 nitrogen and oxygen atoms in total. The van der Waals surface area contributed by atoms with E-state index < -0.39 is 0 Å². The lowest BCUT2D eigenvalue weighted by Crippen LogP contribution is -1.91. The van der Waals surface area contributed by atoms with E-state index in [1.165, 1.54) is 0 Å². The van der Waals surface area contributed by atoms with Gasteiger partial charge in [0.15, 0.2) is 5.16 Å². The molecular formula is C10H14N2OS. The number of ketones is 1. The van der Waals surface area contributed by atoms with Gasteiger partial charge in [0, 0.05) is 24.6 Å². The third-order valence-electron chi connectivity index (χ3n) is 1.70. The maximum Gasteiger partial charge on any atom is 0.187 e. The Morgan fingerprint density at radius 2 is 2.07 bits per heavy atom. The summed E-state index contributed by atoms with van der Waals surface area (Å²) in [6, 6.07) is 1.81. The molecule has 14 heavy (non-hydrogen) atoms. The Hall–Kier alpha value is -0.900. The molecule has 0 aliphatic heterocycles. The van der Waals surface area contributed by atoms with E-state index in [4.69, 9.17) is 0 Å². The van der Waals surface area contributed by atoms with Crippen molar-refractivity contribution in [3.05, 3.63) is 18.5 Å². The number of unbranched alkanes of at least 4 members (excludes halogenated alkanes) is 1. The molecule has 0 fully saturated rings. The van der Waals surface area contributed by atoms with E-state index in [-0.39, 0.29) is 5.78 Å². The number of hydrogen-bond donors (Lipinski definition) is 0. The fourth-order valence-corrected chi connectivity index (χ4v) is 1.80. The van der Waals surface area contributed by atoms with Gasteiger partial charge in [0.05, 0.1) is 0 Å². The summed E-state index contributed by atoms with van der Waals surface area (Å²) in [7, 11) is 0. The van der Waals surface area contributed by atoms with E-state index in [1.807, 2.05) is 0 Å². The Labute approximate surface area is 88.3 Å². The van der Waals surface area contributed by atoms with Crippen molar-refractivity contribution in [1.82, 2.24) is 9.97 Å². The van der Waals surface area contributed by atoms with Crippen LogP contribution in [0.5, 0.6) is 0 Å². The number of thioether (sulfide) groups is 1. The van der Waals surface area contributed by atoms with Gasteiger partial charge in [-0.05, 0) is 25.8 Å². The van der Waals surface area contributed by atoms with Gasteiger partial charge in [0.1, 0.15) is 5.78 Å². The fraction of sp³-hybridized carbons (Fsp3) is 0.500. The molecule has 0 saturated carbocycles. The molecule has 0 spiro atoms. The number of nitrogens with zero attached hydrogens (tertiary/aromatic N) is 2. The van der Waals surface area contributed by atoms with E-state index in [0.29, 0.717) is 6.42 Å². The summed E-state index contributed by atoms with van der Waals surface area (Å²) in [4.78, 5) is 18.8. The van der Waals surface area contributed by atoms with Crippen LogP contribution >= 0.6 is 11.8 Å². The Balaban J connectivity index is 2.08.